The van der Waals surface area contributed by atoms with Gasteiger partial charge in [0.25, 0.3) is 0 Å². The smallest absolute Gasteiger partial charge is 0.234 e. The van der Waals surface area contributed by atoms with E-state index in [1.54, 1.807) is 6.92 Å². The van der Waals surface area contributed by atoms with Gasteiger partial charge in [-0.25, -0.2) is 4.39 Å². The summed E-state index contributed by atoms with van der Waals surface area (Å²) in [6.45, 7) is 3.74. The molecule has 4 nitrogen and oxygen atoms in total. The Kier molecular flexibility index (Phi) is 6.88. The highest BCUT2D eigenvalue weighted by atomic mass is 32.2. The minimum absolute atomic E-state index is 0.120. The van der Waals surface area contributed by atoms with Gasteiger partial charge in [0.2, 0.25) is 11.8 Å². The number of carbonyl (C=O) groups excluding carboxylic acids is 2. The lowest BCUT2D eigenvalue weighted by Gasteiger charge is -2.19. The van der Waals surface area contributed by atoms with Crippen molar-refractivity contribution in [2.45, 2.75) is 25.1 Å². The van der Waals surface area contributed by atoms with Crippen molar-refractivity contribution < 1.29 is 14.0 Å². The number of rotatable bonds is 7. The van der Waals surface area contributed by atoms with E-state index in [0.717, 1.165) is 16.3 Å². The average molecular weight is 411 g/mol. The fourth-order valence-corrected chi connectivity index (χ4v) is 3.74. The minimum atomic E-state index is -0.383. The van der Waals surface area contributed by atoms with Gasteiger partial charge in [-0.3, -0.25) is 9.59 Å². The third kappa shape index (κ3) is 5.57. The Bertz CT molecular complexity index is 1000. The second-order valence-electron chi connectivity index (χ2n) is 6.81. The number of amides is 2. The maximum Gasteiger partial charge on any atom is 0.234 e. The Morgan fingerprint density at radius 1 is 0.966 bits per heavy atom. The Morgan fingerprint density at radius 3 is 2.41 bits per heavy atom. The second kappa shape index (κ2) is 9.56. The summed E-state index contributed by atoms with van der Waals surface area (Å²) in [7, 11) is 0. The van der Waals surface area contributed by atoms with E-state index in [9.17, 15) is 14.0 Å². The van der Waals surface area contributed by atoms with Crippen molar-refractivity contribution in [1.82, 2.24) is 5.32 Å². The zero-order valence-electron chi connectivity index (χ0n) is 16.3. The normalized spacial score (nSPS) is 12.9. The number of anilines is 1. The summed E-state index contributed by atoms with van der Waals surface area (Å²) in [5, 5.41) is 7.59. The lowest BCUT2D eigenvalue weighted by molar-refractivity contribution is -0.120. The highest BCUT2D eigenvalue weighted by Gasteiger charge is 2.19. The van der Waals surface area contributed by atoms with E-state index in [-0.39, 0.29) is 34.7 Å². The van der Waals surface area contributed by atoms with Gasteiger partial charge in [-0.05, 0) is 54.4 Å². The van der Waals surface area contributed by atoms with E-state index < -0.39 is 0 Å². The molecule has 29 heavy (non-hydrogen) atoms. The van der Waals surface area contributed by atoms with Crippen molar-refractivity contribution in [2.75, 3.05) is 11.1 Å². The molecule has 0 saturated heterocycles. The molecule has 2 atom stereocenters. The molecule has 0 saturated carbocycles. The van der Waals surface area contributed by atoms with Crippen molar-refractivity contribution >= 4 is 40.0 Å². The number of hydrogen-bond donors (Lipinski definition) is 2. The zero-order chi connectivity index (χ0) is 20.8. The Labute approximate surface area is 173 Å². The molecule has 0 radical (unpaired) electrons. The van der Waals surface area contributed by atoms with Crippen LogP contribution < -0.4 is 10.6 Å². The lowest BCUT2D eigenvalue weighted by atomic mass is 9.99. The molecule has 3 rings (SSSR count). The van der Waals surface area contributed by atoms with Gasteiger partial charge in [0.15, 0.2) is 0 Å². The molecule has 2 amide bonds. The third-order valence-corrected chi connectivity index (χ3v) is 5.75. The second-order valence-corrected chi connectivity index (χ2v) is 8.14. The van der Waals surface area contributed by atoms with Crippen molar-refractivity contribution in [3.05, 3.63) is 78.1 Å². The first kappa shape index (κ1) is 20.9. The predicted octanol–water partition coefficient (Wildman–Crippen LogP) is 4.92. The third-order valence-electron chi connectivity index (χ3n) is 4.61. The van der Waals surface area contributed by atoms with Gasteiger partial charge in [-0.15, -0.1) is 11.8 Å². The summed E-state index contributed by atoms with van der Waals surface area (Å²) < 4.78 is 12.9. The number of nitrogens with one attached hydrogen (secondary N) is 2. The van der Waals surface area contributed by atoms with Crippen molar-refractivity contribution in [3.8, 4) is 0 Å². The molecule has 0 aromatic heterocycles. The van der Waals surface area contributed by atoms with E-state index >= 15 is 0 Å². The van der Waals surface area contributed by atoms with E-state index in [2.05, 4.69) is 10.6 Å². The van der Waals surface area contributed by atoms with Gasteiger partial charge in [0, 0.05) is 5.69 Å². The summed E-state index contributed by atoms with van der Waals surface area (Å²) in [6.07, 6.45) is 0. The first-order chi connectivity index (χ1) is 13.9. The van der Waals surface area contributed by atoms with Crippen LogP contribution in [0.15, 0.2) is 66.7 Å². The van der Waals surface area contributed by atoms with Crippen molar-refractivity contribution in [3.63, 3.8) is 0 Å². The van der Waals surface area contributed by atoms with Gasteiger partial charge in [-0.1, -0.05) is 42.5 Å². The summed E-state index contributed by atoms with van der Waals surface area (Å²) in [6, 6.07) is 19.5. The number of halogens is 1. The predicted molar refractivity (Wildman–Crippen MR) is 117 cm³/mol. The zero-order valence-corrected chi connectivity index (χ0v) is 17.1. The SMILES string of the molecule is CC(SCC(=O)Nc1ccc(F)cc1)C(=O)NC(C)c1cccc2ccccc12. The first-order valence-electron chi connectivity index (χ1n) is 9.39. The quantitative estimate of drug-likeness (QED) is 0.581. The van der Waals surface area contributed by atoms with Gasteiger partial charge >= 0.3 is 0 Å². The largest absolute Gasteiger partial charge is 0.349 e. The topological polar surface area (TPSA) is 58.2 Å². The number of hydrogen-bond acceptors (Lipinski definition) is 3. The van der Waals surface area contributed by atoms with Crippen LogP contribution in [0.25, 0.3) is 10.8 Å². The Hall–Kier alpha value is -2.86. The molecule has 0 spiro atoms. The summed E-state index contributed by atoms with van der Waals surface area (Å²) in [5.41, 5.74) is 1.58. The van der Waals surface area contributed by atoms with Crippen LogP contribution in [-0.4, -0.2) is 22.8 Å². The van der Waals surface area contributed by atoms with E-state index in [0.29, 0.717) is 5.69 Å². The van der Waals surface area contributed by atoms with Gasteiger partial charge < -0.3 is 10.6 Å². The molecule has 6 heteroatoms. The van der Waals surface area contributed by atoms with Crippen LogP contribution >= 0.6 is 11.8 Å². The maximum absolute atomic E-state index is 12.9. The standard InChI is InChI=1S/C23H23FN2O2S/c1-15(20-9-5-7-17-6-3-4-8-21(17)20)25-23(28)16(2)29-14-22(27)26-19-12-10-18(24)11-13-19/h3-13,15-16H,14H2,1-2H3,(H,25,28)(H,26,27). The average Bonchev–Trinajstić information content (AvgIpc) is 2.73. The molecule has 0 aliphatic rings. The number of benzene rings is 3. The molecule has 0 heterocycles. The summed E-state index contributed by atoms with van der Waals surface area (Å²) >= 11 is 1.26. The van der Waals surface area contributed by atoms with Gasteiger partial charge in [0.05, 0.1) is 17.0 Å². The molecule has 2 N–H and O–H groups in total. The molecule has 3 aromatic carbocycles. The van der Waals surface area contributed by atoms with Crippen LogP contribution in [0.5, 0.6) is 0 Å². The molecule has 0 bridgehead atoms. The molecule has 0 aliphatic heterocycles. The number of carbonyl (C=O) groups is 2. The Morgan fingerprint density at radius 2 is 1.66 bits per heavy atom. The fraction of sp³-hybridized carbons (Fsp3) is 0.217. The molecule has 150 valence electrons. The van der Waals surface area contributed by atoms with E-state index in [1.807, 2.05) is 49.4 Å². The molecule has 0 aliphatic carbocycles. The minimum Gasteiger partial charge on any atom is -0.349 e. The first-order valence-corrected chi connectivity index (χ1v) is 10.4. The van der Waals surface area contributed by atoms with Crippen LogP contribution in [0.3, 0.4) is 0 Å². The monoisotopic (exact) mass is 410 g/mol. The lowest BCUT2D eigenvalue weighted by Crippen LogP contribution is -2.34. The summed E-state index contributed by atoms with van der Waals surface area (Å²) in [5.74, 6) is -0.578. The molecular weight excluding hydrogens is 387 g/mol. The fourth-order valence-electron chi connectivity index (χ4n) is 3.04. The number of thioether (sulfide) groups is 1. The van der Waals surface area contributed by atoms with Crippen LogP contribution in [0.4, 0.5) is 10.1 Å². The van der Waals surface area contributed by atoms with E-state index in [4.69, 9.17) is 0 Å². The molecule has 0 fully saturated rings. The van der Waals surface area contributed by atoms with Crippen molar-refractivity contribution in [1.29, 1.82) is 0 Å². The number of fused-ring (bicyclic) bond motifs is 1. The van der Waals surface area contributed by atoms with Crippen molar-refractivity contribution in [2.24, 2.45) is 0 Å². The summed E-state index contributed by atoms with van der Waals surface area (Å²) in [4.78, 5) is 24.6. The van der Waals surface area contributed by atoms with E-state index in [1.165, 1.54) is 36.0 Å². The van der Waals surface area contributed by atoms with Gasteiger partial charge in [0.1, 0.15) is 5.82 Å². The highest BCUT2D eigenvalue weighted by molar-refractivity contribution is 8.01. The van der Waals surface area contributed by atoms with Crippen LogP contribution in [-0.2, 0) is 9.59 Å². The maximum atomic E-state index is 12.9. The van der Waals surface area contributed by atoms with Gasteiger partial charge in [-0.2, -0.15) is 0 Å². The Balaban J connectivity index is 1.53. The molecule has 2 unspecified atom stereocenters. The van der Waals surface area contributed by atoms with Crippen LogP contribution in [0.1, 0.15) is 25.5 Å². The molecule has 3 aromatic rings. The molecular formula is C23H23FN2O2S. The highest BCUT2D eigenvalue weighted by Crippen LogP contribution is 2.24. The van der Waals surface area contributed by atoms with Crippen LogP contribution in [0, 0.1) is 5.82 Å². The van der Waals surface area contributed by atoms with Crippen LogP contribution in [0.2, 0.25) is 0 Å².